The molecule has 0 aliphatic heterocycles. The molecule has 0 saturated carbocycles. The van der Waals surface area contributed by atoms with Gasteiger partial charge in [0.2, 0.25) is 5.89 Å². The fraction of sp³-hybridized carbons (Fsp3) is 0.583. The Balaban J connectivity index is 2.10. The second-order valence-electron chi connectivity index (χ2n) is 4.26. The third-order valence-corrected chi connectivity index (χ3v) is 2.67. The normalized spacial score (nSPS) is 11.0. The lowest BCUT2D eigenvalue weighted by atomic mass is 10.3. The van der Waals surface area contributed by atoms with Crippen LogP contribution < -0.4 is 5.69 Å². The fourth-order valence-electron chi connectivity index (χ4n) is 1.81. The summed E-state index contributed by atoms with van der Waals surface area (Å²) in [7, 11) is 0. The molecule has 0 aromatic carbocycles. The molecule has 0 saturated heterocycles. The number of imidazole rings is 1. The zero-order valence-electron chi connectivity index (χ0n) is 10.8. The molecule has 2 heterocycles. The Morgan fingerprint density at radius 2 is 2.00 bits per heavy atom. The first kappa shape index (κ1) is 12.6. The Hall–Kier alpha value is -1.85. The average molecular weight is 250 g/mol. The summed E-state index contributed by atoms with van der Waals surface area (Å²) >= 11 is 0. The number of aromatic nitrogens is 4. The summed E-state index contributed by atoms with van der Waals surface area (Å²) in [5, 5.41) is 3.87. The molecule has 0 aliphatic rings. The van der Waals surface area contributed by atoms with E-state index in [2.05, 4.69) is 17.1 Å². The number of hydrogen-bond donors (Lipinski definition) is 0. The highest BCUT2D eigenvalue weighted by Gasteiger charge is 2.09. The van der Waals surface area contributed by atoms with Gasteiger partial charge in [0, 0.05) is 25.4 Å². The van der Waals surface area contributed by atoms with Crippen molar-refractivity contribution in [3.63, 3.8) is 0 Å². The van der Waals surface area contributed by atoms with E-state index in [4.69, 9.17) is 4.52 Å². The quantitative estimate of drug-likeness (QED) is 0.778. The number of hydrogen-bond acceptors (Lipinski definition) is 4. The Kier molecular flexibility index (Phi) is 3.96. The SMILES string of the molecule is CCCc1noc(Cn2ccn(CCC)c2=O)n1. The standard InChI is InChI=1S/C12H18N4O2/c1-3-5-10-13-11(18-14-10)9-16-8-7-15(6-4-2)12(16)17/h7-8H,3-6,9H2,1-2H3. The van der Waals surface area contributed by atoms with E-state index in [1.807, 2.05) is 6.92 Å². The first-order valence-corrected chi connectivity index (χ1v) is 6.31. The molecule has 0 radical (unpaired) electrons. The van der Waals surface area contributed by atoms with Gasteiger partial charge >= 0.3 is 5.69 Å². The van der Waals surface area contributed by atoms with Crippen molar-refractivity contribution in [3.8, 4) is 0 Å². The number of aryl methyl sites for hydroxylation is 2. The zero-order chi connectivity index (χ0) is 13.0. The van der Waals surface area contributed by atoms with E-state index in [-0.39, 0.29) is 5.69 Å². The topological polar surface area (TPSA) is 65.8 Å². The van der Waals surface area contributed by atoms with Crippen molar-refractivity contribution in [3.05, 3.63) is 34.6 Å². The average Bonchev–Trinajstić information content (AvgIpc) is 2.92. The van der Waals surface area contributed by atoms with E-state index in [1.165, 1.54) is 0 Å². The lowest BCUT2D eigenvalue weighted by Crippen LogP contribution is -2.24. The smallest absolute Gasteiger partial charge is 0.328 e. The monoisotopic (exact) mass is 250 g/mol. The first-order valence-electron chi connectivity index (χ1n) is 6.31. The Bertz CT molecular complexity index is 552. The van der Waals surface area contributed by atoms with Gasteiger partial charge < -0.3 is 4.52 Å². The van der Waals surface area contributed by atoms with Gasteiger partial charge in [-0.2, -0.15) is 4.98 Å². The van der Waals surface area contributed by atoms with E-state index in [0.717, 1.165) is 25.8 Å². The van der Waals surface area contributed by atoms with Gasteiger partial charge in [-0.25, -0.2) is 4.79 Å². The maximum Gasteiger partial charge on any atom is 0.328 e. The van der Waals surface area contributed by atoms with Gasteiger partial charge in [-0.15, -0.1) is 0 Å². The van der Waals surface area contributed by atoms with Crippen molar-refractivity contribution in [2.75, 3.05) is 0 Å². The second kappa shape index (κ2) is 5.66. The molecule has 6 nitrogen and oxygen atoms in total. The molecule has 2 aromatic rings. The van der Waals surface area contributed by atoms with Crippen LogP contribution >= 0.6 is 0 Å². The summed E-state index contributed by atoms with van der Waals surface area (Å²) in [6.07, 6.45) is 6.25. The minimum atomic E-state index is -0.0351. The molecule has 0 N–H and O–H groups in total. The van der Waals surface area contributed by atoms with Crippen LogP contribution in [0.5, 0.6) is 0 Å². The van der Waals surface area contributed by atoms with Crippen LogP contribution in [0.15, 0.2) is 21.7 Å². The maximum absolute atomic E-state index is 11.9. The van der Waals surface area contributed by atoms with Crippen LogP contribution in [0.1, 0.15) is 38.4 Å². The molecular formula is C12H18N4O2. The molecule has 2 aromatic heterocycles. The summed E-state index contributed by atoms with van der Waals surface area (Å²) in [6, 6.07) is 0. The van der Waals surface area contributed by atoms with Crippen molar-refractivity contribution < 1.29 is 4.52 Å². The second-order valence-corrected chi connectivity index (χ2v) is 4.26. The van der Waals surface area contributed by atoms with Crippen LogP contribution in [-0.4, -0.2) is 19.3 Å². The lowest BCUT2D eigenvalue weighted by Gasteiger charge is -1.97. The number of nitrogens with zero attached hydrogens (tertiary/aromatic N) is 4. The van der Waals surface area contributed by atoms with Gasteiger partial charge in [0.05, 0.1) is 0 Å². The van der Waals surface area contributed by atoms with Gasteiger partial charge in [0.15, 0.2) is 5.82 Å². The molecule has 0 atom stereocenters. The predicted octanol–water partition coefficient (Wildman–Crippen LogP) is 1.44. The van der Waals surface area contributed by atoms with Gasteiger partial charge in [-0.05, 0) is 12.8 Å². The lowest BCUT2D eigenvalue weighted by molar-refractivity contribution is 0.364. The highest BCUT2D eigenvalue weighted by Crippen LogP contribution is 2.01. The molecule has 0 amide bonds. The van der Waals surface area contributed by atoms with E-state index in [0.29, 0.717) is 18.3 Å². The van der Waals surface area contributed by atoms with E-state index < -0.39 is 0 Å². The van der Waals surface area contributed by atoms with Gasteiger partial charge in [-0.1, -0.05) is 19.0 Å². The Morgan fingerprint density at radius 1 is 1.22 bits per heavy atom. The molecule has 0 bridgehead atoms. The van der Waals surface area contributed by atoms with Crippen LogP contribution in [0, 0.1) is 0 Å². The van der Waals surface area contributed by atoms with Crippen molar-refractivity contribution in [1.29, 1.82) is 0 Å². The van der Waals surface area contributed by atoms with Crippen molar-refractivity contribution in [2.24, 2.45) is 0 Å². The van der Waals surface area contributed by atoms with Crippen molar-refractivity contribution in [2.45, 2.75) is 46.2 Å². The minimum absolute atomic E-state index is 0.0351. The van der Waals surface area contributed by atoms with Crippen LogP contribution in [0.2, 0.25) is 0 Å². The molecule has 18 heavy (non-hydrogen) atoms. The summed E-state index contributed by atoms with van der Waals surface area (Å²) in [4.78, 5) is 16.2. The summed E-state index contributed by atoms with van der Waals surface area (Å²) in [5.41, 5.74) is -0.0351. The third kappa shape index (κ3) is 2.69. The zero-order valence-corrected chi connectivity index (χ0v) is 10.8. The molecule has 0 fully saturated rings. The summed E-state index contributed by atoms with van der Waals surface area (Å²) in [6.45, 7) is 5.17. The molecule has 0 spiro atoms. The van der Waals surface area contributed by atoms with Gasteiger partial charge in [0.25, 0.3) is 0 Å². The summed E-state index contributed by atoms with van der Waals surface area (Å²) < 4.78 is 8.38. The Labute approximate surface area is 105 Å². The van der Waals surface area contributed by atoms with E-state index in [1.54, 1.807) is 21.5 Å². The van der Waals surface area contributed by atoms with Crippen LogP contribution in [-0.2, 0) is 19.5 Å². The van der Waals surface area contributed by atoms with Crippen molar-refractivity contribution in [1.82, 2.24) is 19.3 Å². The van der Waals surface area contributed by atoms with E-state index in [9.17, 15) is 4.79 Å². The summed E-state index contributed by atoms with van der Waals surface area (Å²) in [5.74, 6) is 1.18. The number of rotatable bonds is 6. The highest BCUT2D eigenvalue weighted by atomic mass is 16.5. The molecule has 98 valence electrons. The fourth-order valence-corrected chi connectivity index (χ4v) is 1.81. The third-order valence-electron chi connectivity index (χ3n) is 2.67. The van der Waals surface area contributed by atoms with Crippen LogP contribution in [0.3, 0.4) is 0 Å². The molecule has 0 aliphatic carbocycles. The minimum Gasteiger partial charge on any atom is -0.337 e. The molecule has 0 unspecified atom stereocenters. The van der Waals surface area contributed by atoms with Crippen LogP contribution in [0.4, 0.5) is 0 Å². The first-order chi connectivity index (χ1) is 8.74. The van der Waals surface area contributed by atoms with Crippen LogP contribution in [0.25, 0.3) is 0 Å². The largest absolute Gasteiger partial charge is 0.337 e. The maximum atomic E-state index is 11.9. The highest BCUT2D eigenvalue weighted by molar-refractivity contribution is 4.90. The Morgan fingerprint density at radius 3 is 2.72 bits per heavy atom. The van der Waals surface area contributed by atoms with Gasteiger partial charge in [0.1, 0.15) is 6.54 Å². The predicted molar refractivity (Wildman–Crippen MR) is 66.4 cm³/mol. The molecular weight excluding hydrogens is 232 g/mol. The van der Waals surface area contributed by atoms with E-state index >= 15 is 0 Å². The molecule has 2 rings (SSSR count). The van der Waals surface area contributed by atoms with Gasteiger partial charge in [-0.3, -0.25) is 9.13 Å². The van der Waals surface area contributed by atoms with Crippen molar-refractivity contribution >= 4 is 0 Å². The molecule has 6 heteroatoms.